The van der Waals surface area contributed by atoms with E-state index in [1.54, 1.807) is 25.3 Å². The molecule has 1 unspecified atom stereocenters. The van der Waals surface area contributed by atoms with E-state index in [-0.39, 0.29) is 23.9 Å². The maximum absolute atomic E-state index is 13.1. The monoisotopic (exact) mass is 562 g/mol. The van der Waals surface area contributed by atoms with Crippen LogP contribution >= 0.6 is 11.6 Å². The van der Waals surface area contributed by atoms with Crippen LogP contribution < -0.4 is 5.76 Å². The maximum Gasteiger partial charge on any atom is 0.439 e. The van der Waals surface area contributed by atoms with Crippen LogP contribution in [0.4, 0.5) is 13.2 Å². The highest BCUT2D eigenvalue weighted by molar-refractivity contribution is 6.30. The van der Waals surface area contributed by atoms with Gasteiger partial charge in [0.15, 0.2) is 0 Å². The van der Waals surface area contributed by atoms with Crippen LogP contribution in [0.15, 0.2) is 46.0 Å². The molecule has 0 aromatic carbocycles. The Balaban J connectivity index is 1.72. The smallest absolute Gasteiger partial charge is 0.361 e. The highest BCUT2D eigenvalue weighted by Gasteiger charge is 2.32. The number of imidazole rings is 1. The highest BCUT2D eigenvalue weighted by Crippen LogP contribution is 2.37. The Hall–Kier alpha value is -3.51. The second kappa shape index (κ2) is 10.9. The van der Waals surface area contributed by atoms with Gasteiger partial charge in [-0.25, -0.2) is 14.8 Å². The summed E-state index contributed by atoms with van der Waals surface area (Å²) >= 11 is 6.25. The van der Waals surface area contributed by atoms with Crippen LogP contribution in [0, 0.1) is 5.92 Å². The van der Waals surface area contributed by atoms with E-state index >= 15 is 0 Å². The van der Waals surface area contributed by atoms with Crippen molar-refractivity contribution in [1.29, 1.82) is 0 Å². The lowest BCUT2D eigenvalue weighted by atomic mass is 9.86. The van der Waals surface area contributed by atoms with Gasteiger partial charge in [0.2, 0.25) is 5.82 Å². The van der Waals surface area contributed by atoms with Crippen LogP contribution in [0.5, 0.6) is 0 Å². The number of nitrogens with one attached hydrogen (secondary N) is 1. The molecule has 1 atom stereocenters. The van der Waals surface area contributed by atoms with Crippen LogP contribution in [0.2, 0.25) is 5.02 Å². The molecule has 0 spiro atoms. The molecular formula is C26H26ClF3N6O3. The molecule has 13 heteroatoms. The zero-order chi connectivity index (χ0) is 27.7. The Morgan fingerprint density at radius 2 is 2.03 bits per heavy atom. The topological polar surface area (TPSA) is 112 Å². The normalized spacial score (nSPS) is 15.8. The van der Waals surface area contributed by atoms with Gasteiger partial charge in [-0.1, -0.05) is 35.8 Å². The summed E-state index contributed by atoms with van der Waals surface area (Å²) in [5.41, 5.74) is 3.50. The molecule has 0 amide bonds. The molecule has 0 aliphatic heterocycles. The largest absolute Gasteiger partial charge is 0.439 e. The Kier molecular flexibility index (Phi) is 7.59. The summed E-state index contributed by atoms with van der Waals surface area (Å²) in [5.74, 6) is -0.0522. The SMILES string of the molecule is C=C1CCC(Cn2c(C(CC)OCC(F)(F)F)nc3cc(-c4noc(=O)[nH]4)nc(-c4cncc(Cl)c4)c32)CC1. The number of aromatic amines is 1. The molecule has 9 nitrogen and oxygen atoms in total. The Morgan fingerprint density at radius 1 is 1.26 bits per heavy atom. The summed E-state index contributed by atoms with van der Waals surface area (Å²) in [4.78, 5) is 27.8. The van der Waals surface area contributed by atoms with E-state index in [1.807, 2.05) is 4.57 Å². The molecule has 1 aliphatic carbocycles. The van der Waals surface area contributed by atoms with Crippen molar-refractivity contribution in [2.75, 3.05) is 6.61 Å². The average molecular weight is 563 g/mol. The number of alkyl halides is 3. The molecule has 4 heterocycles. The molecule has 5 rings (SSSR count). The minimum absolute atomic E-state index is 0.0837. The summed E-state index contributed by atoms with van der Waals surface area (Å²) < 4.78 is 51.3. The number of hydrogen-bond donors (Lipinski definition) is 1. The third-order valence-corrected chi connectivity index (χ3v) is 6.98. The quantitative estimate of drug-likeness (QED) is 0.252. The van der Waals surface area contributed by atoms with Gasteiger partial charge in [-0.2, -0.15) is 13.2 Å². The van der Waals surface area contributed by atoms with Crippen molar-refractivity contribution in [1.82, 2.24) is 29.7 Å². The molecule has 4 aromatic heterocycles. The number of nitrogens with zero attached hydrogens (tertiary/aromatic N) is 5. The van der Waals surface area contributed by atoms with Crippen molar-refractivity contribution >= 4 is 22.6 Å². The van der Waals surface area contributed by atoms with Crippen molar-refractivity contribution in [2.24, 2.45) is 5.92 Å². The Morgan fingerprint density at radius 3 is 2.67 bits per heavy atom. The van der Waals surface area contributed by atoms with E-state index in [0.29, 0.717) is 39.7 Å². The van der Waals surface area contributed by atoms with Crippen LogP contribution in [-0.2, 0) is 11.3 Å². The summed E-state index contributed by atoms with van der Waals surface area (Å²) in [6, 6.07) is 3.30. The minimum atomic E-state index is -4.49. The summed E-state index contributed by atoms with van der Waals surface area (Å²) in [6.45, 7) is 4.95. The summed E-state index contributed by atoms with van der Waals surface area (Å²) in [6.07, 6.45) is 1.51. The van der Waals surface area contributed by atoms with Crippen molar-refractivity contribution in [2.45, 2.75) is 57.9 Å². The first-order chi connectivity index (χ1) is 18.6. The lowest BCUT2D eigenvalue weighted by Crippen LogP contribution is -2.23. The van der Waals surface area contributed by atoms with E-state index in [0.717, 1.165) is 25.7 Å². The van der Waals surface area contributed by atoms with Gasteiger partial charge >= 0.3 is 11.9 Å². The molecule has 4 aromatic rings. The van der Waals surface area contributed by atoms with Crippen molar-refractivity contribution < 1.29 is 22.4 Å². The van der Waals surface area contributed by atoms with E-state index in [4.69, 9.17) is 26.3 Å². The fourth-order valence-corrected chi connectivity index (χ4v) is 5.08. The number of rotatable bonds is 8. The average Bonchev–Trinajstić information content (AvgIpc) is 3.48. The van der Waals surface area contributed by atoms with Gasteiger partial charge in [0.25, 0.3) is 0 Å². The number of pyridine rings is 2. The number of aromatic nitrogens is 6. The molecule has 1 saturated carbocycles. The third-order valence-electron chi connectivity index (χ3n) is 6.78. The molecule has 0 radical (unpaired) electrons. The second-order valence-electron chi connectivity index (χ2n) is 9.66. The first kappa shape index (κ1) is 27.1. The lowest BCUT2D eigenvalue weighted by Gasteiger charge is -2.26. The van der Waals surface area contributed by atoms with Crippen LogP contribution in [0.3, 0.4) is 0 Å². The standard InChI is InChI=1S/C26H26ClF3N6O3/c1-3-20(38-13-26(28,29)30)24-33-18-9-19(23-34-25(37)39-35-23)32-21(16-8-17(27)11-31-10-16)22(18)36(24)12-15-6-4-14(2)5-7-15/h8-11,15,20H,2-7,12-13H2,1H3,(H,34,35,37). The fraction of sp³-hybridized carbons (Fsp3) is 0.423. The number of ether oxygens (including phenoxy) is 1. The van der Waals surface area contributed by atoms with E-state index < -0.39 is 24.6 Å². The number of allylic oxidation sites excluding steroid dienone is 1. The fourth-order valence-electron chi connectivity index (χ4n) is 4.91. The van der Waals surface area contributed by atoms with E-state index in [2.05, 4.69) is 26.2 Å². The number of halogens is 4. The first-order valence-corrected chi connectivity index (χ1v) is 12.9. The van der Waals surface area contributed by atoms with Crippen molar-refractivity contribution in [3.05, 3.63) is 58.1 Å². The number of H-pyrrole nitrogens is 1. The van der Waals surface area contributed by atoms with Gasteiger partial charge in [-0.15, -0.1) is 0 Å². The summed E-state index contributed by atoms with van der Waals surface area (Å²) in [7, 11) is 0. The van der Waals surface area contributed by atoms with Gasteiger partial charge < -0.3 is 9.30 Å². The van der Waals surface area contributed by atoms with Gasteiger partial charge in [0.1, 0.15) is 24.2 Å². The Labute approximate surface area is 226 Å². The third kappa shape index (κ3) is 6.06. The van der Waals surface area contributed by atoms with E-state index in [1.165, 1.54) is 11.8 Å². The first-order valence-electron chi connectivity index (χ1n) is 12.5. The zero-order valence-electron chi connectivity index (χ0n) is 21.1. The molecule has 39 heavy (non-hydrogen) atoms. The van der Waals surface area contributed by atoms with Crippen molar-refractivity contribution in [3.8, 4) is 22.8 Å². The predicted octanol–water partition coefficient (Wildman–Crippen LogP) is 6.27. The number of hydrogen-bond acceptors (Lipinski definition) is 7. The van der Waals surface area contributed by atoms with Crippen molar-refractivity contribution in [3.63, 3.8) is 0 Å². The van der Waals surface area contributed by atoms with Gasteiger partial charge in [0.05, 0.1) is 21.7 Å². The predicted molar refractivity (Wildman–Crippen MR) is 138 cm³/mol. The van der Waals surface area contributed by atoms with Crippen LogP contribution in [0.25, 0.3) is 33.8 Å². The minimum Gasteiger partial charge on any atom is -0.361 e. The van der Waals surface area contributed by atoms with E-state index in [9.17, 15) is 18.0 Å². The lowest BCUT2D eigenvalue weighted by molar-refractivity contribution is -0.187. The molecule has 1 aliphatic rings. The van der Waals surface area contributed by atoms with Gasteiger partial charge in [0, 0.05) is 24.5 Å². The molecule has 1 N–H and O–H groups in total. The molecule has 206 valence electrons. The second-order valence-corrected chi connectivity index (χ2v) is 10.1. The molecule has 1 fully saturated rings. The molecule has 0 bridgehead atoms. The van der Waals surface area contributed by atoms with Crippen LogP contribution in [0.1, 0.15) is 51.0 Å². The highest BCUT2D eigenvalue weighted by atomic mass is 35.5. The molecular weight excluding hydrogens is 537 g/mol. The zero-order valence-corrected chi connectivity index (χ0v) is 21.8. The number of fused-ring (bicyclic) bond motifs is 1. The van der Waals surface area contributed by atoms with Crippen LogP contribution in [-0.4, -0.2) is 42.4 Å². The molecule has 0 saturated heterocycles. The Bertz CT molecular complexity index is 1550. The van der Waals surface area contributed by atoms with Gasteiger partial charge in [-0.05, 0) is 50.2 Å². The van der Waals surface area contributed by atoms with Gasteiger partial charge in [-0.3, -0.25) is 14.5 Å². The summed E-state index contributed by atoms with van der Waals surface area (Å²) in [5, 5.41) is 4.12. The maximum atomic E-state index is 13.1.